The number of rotatable bonds is 5. The Kier molecular flexibility index (Phi) is 5.11. The van der Waals surface area contributed by atoms with Gasteiger partial charge in [-0.2, -0.15) is 0 Å². The van der Waals surface area contributed by atoms with Crippen LogP contribution in [0.2, 0.25) is 0 Å². The lowest BCUT2D eigenvalue weighted by Crippen LogP contribution is -2.01. The van der Waals surface area contributed by atoms with E-state index in [1.807, 2.05) is 0 Å². The number of aliphatic carboxylic acids is 1. The van der Waals surface area contributed by atoms with Crippen molar-refractivity contribution in [2.75, 3.05) is 0 Å². The van der Waals surface area contributed by atoms with Crippen molar-refractivity contribution in [1.29, 1.82) is 0 Å². The SMILES string of the molecule is O=CCC#Cc1ccc(C(=O)CCC(=O)O)s1. The van der Waals surface area contributed by atoms with Gasteiger partial charge in [0.2, 0.25) is 0 Å². The molecule has 0 spiro atoms. The van der Waals surface area contributed by atoms with Crippen molar-refractivity contribution in [3.8, 4) is 11.8 Å². The van der Waals surface area contributed by atoms with Crippen molar-refractivity contribution in [3.05, 3.63) is 21.9 Å². The molecule has 0 amide bonds. The summed E-state index contributed by atoms with van der Waals surface area (Å²) >= 11 is 1.21. The smallest absolute Gasteiger partial charge is 0.303 e. The van der Waals surface area contributed by atoms with Crippen LogP contribution < -0.4 is 0 Å². The average molecular weight is 250 g/mol. The fraction of sp³-hybridized carbons (Fsp3) is 0.250. The van der Waals surface area contributed by atoms with Gasteiger partial charge in [0.1, 0.15) is 6.29 Å². The highest BCUT2D eigenvalue weighted by Gasteiger charge is 2.10. The molecule has 4 nitrogen and oxygen atoms in total. The Balaban J connectivity index is 2.62. The molecule has 1 aromatic rings. The highest BCUT2D eigenvalue weighted by Crippen LogP contribution is 2.17. The fourth-order valence-corrected chi connectivity index (χ4v) is 1.93. The molecule has 5 heteroatoms. The molecule has 0 atom stereocenters. The van der Waals surface area contributed by atoms with Crippen LogP contribution in [0, 0.1) is 11.8 Å². The summed E-state index contributed by atoms with van der Waals surface area (Å²) < 4.78 is 0. The van der Waals surface area contributed by atoms with Crippen LogP contribution in [0.3, 0.4) is 0 Å². The molecule has 0 unspecified atom stereocenters. The summed E-state index contributed by atoms with van der Waals surface area (Å²) in [4.78, 5) is 33.1. The maximum absolute atomic E-state index is 11.5. The highest BCUT2D eigenvalue weighted by atomic mass is 32.1. The van der Waals surface area contributed by atoms with Crippen LogP contribution in [0.25, 0.3) is 0 Å². The Labute approximate surface area is 102 Å². The van der Waals surface area contributed by atoms with Crippen molar-refractivity contribution in [3.63, 3.8) is 0 Å². The number of Topliss-reactive ketones (excluding diaryl/α,β-unsaturated/α-hetero) is 1. The molecule has 0 saturated heterocycles. The monoisotopic (exact) mass is 250 g/mol. The molecule has 0 aromatic carbocycles. The topological polar surface area (TPSA) is 71.4 Å². The first-order valence-corrected chi connectivity index (χ1v) is 5.72. The lowest BCUT2D eigenvalue weighted by atomic mass is 10.2. The van der Waals surface area contributed by atoms with E-state index in [2.05, 4.69) is 11.8 Å². The first-order chi connectivity index (χ1) is 8.13. The minimum Gasteiger partial charge on any atom is -0.481 e. The Hall–Kier alpha value is -1.93. The molecule has 88 valence electrons. The number of thiophene rings is 1. The summed E-state index contributed by atoms with van der Waals surface area (Å²) in [5.41, 5.74) is 0. The minimum atomic E-state index is -0.985. The van der Waals surface area contributed by atoms with Crippen molar-refractivity contribution in [2.45, 2.75) is 19.3 Å². The van der Waals surface area contributed by atoms with Crippen molar-refractivity contribution in [2.24, 2.45) is 0 Å². The first kappa shape index (κ1) is 13.1. The van der Waals surface area contributed by atoms with E-state index in [9.17, 15) is 14.4 Å². The number of carboxylic acid groups (broad SMARTS) is 1. The summed E-state index contributed by atoms with van der Waals surface area (Å²) in [5, 5.41) is 8.45. The van der Waals surface area contributed by atoms with Crippen LogP contribution in [-0.2, 0) is 9.59 Å². The van der Waals surface area contributed by atoms with E-state index >= 15 is 0 Å². The van der Waals surface area contributed by atoms with Gasteiger partial charge in [-0.25, -0.2) is 0 Å². The first-order valence-electron chi connectivity index (χ1n) is 4.91. The Bertz CT molecular complexity index is 490. The molecule has 0 aliphatic rings. The number of carboxylic acids is 1. The summed E-state index contributed by atoms with van der Waals surface area (Å²) in [5.74, 6) is 4.22. The molecule has 0 bridgehead atoms. The molecule has 0 aliphatic carbocycles. The van der Waals surface area contributed by atoms with Gasteiger partial charge in [0.15, 0.2) is 5.78 Å². The highest BCUT2D eigenvalue weighted by molar-refractivity contribution is 7.14. The summed E-state index contributed by atoms with van der Waals surface area (Å²) in [6.07, 6.45) is 0.708. The molecule has 1 rings (SSSR count). The predicted octanol–water partition coefficient (Wildman–Crippen LogP) is 1.74. The van der Waals surface area contributed by atoms with Crippen LogP contribution in [0.5, 0.6) is 0 Å². The number of hydrogen-bond donors (Lipinski definition) is 1. The zero-order valence-corrected chi connectivity index (χ0v) is 9.75. The minimum absolute atomic E-state index is 0.00292. The third-order valence-electron chi connectivity index (χ3n) is 1.84. The third kappa shape index (κ3) is 4.62. The van der Waals surface area contributed by atoms with Crippen LogP contribution in [0.15, 0.2) is 12.1 Å². The molecule has 0 saturated carbocycles. The number of ketones is 1. The van der Waals surface area contributed by atoms with E-state index in [0.29, 0.717) is 16.0 Å². The largest absolute Gasteiger partial charge is 0.481 e. The van der Waals surface area contributed by atoms with E-state index in [1.54, 1.807) is 12.1 Å². The average Bonchev–Trinajstić information content (AvgIpc) is 2.75. The van der Waals surface area contributed by atoms with Gasteiger partial charge < -0.3 is 9.90 Å². The number of carbonyl (C=O) groups excluding carboxylic acids is 2. The molecule has 0 aliphatic heterocycles. The Morgan fingerprint density at radius 3 is 2.76 bits per heavy atom. The summed E-state index contributed by atoms with van der Waals surface area (Å²) in [6.45, 7) is 0. The summed E-state index contributed by atoms with van der Waals surface area (Å²) in [7, 11) is 0. The van der Waals surface area contributed by atoms with Gasteiger partial charge in [-0.05, 0) is 12.1 Å². The Morgan fingerprint density at radius 2 is 2.12 bits per heavy atom. The van der Waals surface area contributed by atoms with Gasteiger partial charge in [-0.1, -0.05) is 11.8 Å². The normalized spacial score (nSPS) is 9.18. The predicted molar refractivity (Wildman–Crippen MR) is 63.1 cm³/mol. The molecule has 1 N–H and O–H groups in total. The maximum atomic E-state index is 11.5. The van der Waals surface area contributed by atoms with E-state index in [4.69, 9.17) is 5.11 Å². The van der Waals surface area contributed by atoms with E-state index in [0.717, 1.165) is 0 Å². The second kappa shape index (κ2) is 6.61. The van der Waals surface area contributed by atoms with Gasteiger partial charge in [-0.15, -0.1) is 11.3 Å². The number of aldehydes is 1. The molecule has 0 fully saturated rings. The van der Waals surface area contributed by atoms with Crippen LogP contribution in [0.4, 0.5) is 0 Å². The zero-order chi connectivity index (χ0) is 12.7. The quantitative estimate of drug-likeness (QED) is 0.491. The van der Waals surface area contributed by atoms with Crippen LogP contribution in [-0.4, -0.2) is 23.1 Å². The summed E-state index contributed by atoms with van der Waals surface area (Å²) in [6, 6.07) is 3.32. The maximum Gasteiger partial charge on any atom is 0.303 e. The third-order valence-corrected chi connectivity index (χ3v) is 2.89. The molecular formula is C12H10O4S. The lowest BCUT2D eigenvalue weighted by molar-refractivity contribution is -0.136. The second-order valence-corrected chi connectivity index (χ2v) is 4.24. The standard InChI is InChI=1S/C12H10O4S/c13-8-2-1-3-9-4-6-11(17-9)10(14)5-7-12(15)16/h4,6,8H,2,5,7H2,(H,15,16). The zero-order valence-electron chi connectivity index (χ0n) is 8.93. The second-order valence-electron chi connectivity index (χ2n) is 3.15. The van der Waals surface area contributed by atoms with Gasteiger partial charge in [0.05, 0.1) is 22.6 Å². The Morgan fingerprint density at radius 1 is 1.35 bits per heavy atom. The van der Waals surface area contributed by atoms with Gasteiger partial charge in [0.25, 0.3) is 0 Å². The van der Waals surface area contributed by atoms with Crippen LogP contribution >= 0.6 is 11.3 Å². The van der Waals surface area contributed by atoms with Gasteiger partial charge in [-0.3, -0.25) is 9.59 Å². The van der Waals surface area contributed by atoms with Crippen molar-refractivity contribution in [1.82, 2.24) is 0 Å². The number of hydrogen-bond acceptors (Lipinski definition) is 4. The fourth-order valence-electron chi connectivity index (χ4n) is 1.08. The van der Waals surface area contributed by atoms with Crippen molar-refractivity contribution >= 4 is 29.4 Å². The van der Waals surface area contributed by atoms with E-state index in [-0.39, 0.29) is 25.0 Å². The lowest BCUT2D eigenvalue weighted by Gasteiger charge is -1.93. The number of carbonyl (C=O) groups is 3. The van der Waals surface area contributed by atoms with E-state index in [1.165, 1.54) is 11.3 Å². The van der Waals surface area contributed by atoms with Crippen LogP contribution in [0.1, 0.15) is 33.8 Å². The molecule has 0 radical (unpaired) electrons. The molecular weight excluding hydrogens is 240 g/mol. The molecule has 17 heavy (non-hydrogen) atoms. The van der Waals surface area contributed by atoms with Crippen molar-refractivity contribution < 1.29 is 19.5 Å². The molecule has 1 heterocycles. The molecule has 1 aromatic heterocycles. The van der Waals surface area contributed by atoms with Gasteiger partial charge in [0, 0.05) is 6.42 Å². The van der Waals surface area contributed by atoms with Gasteiger partial charge >= 0.3 is 5.97 Å². The van der Waals surface area contributed by atoms with E-state index < -0.39 is 5.97 Å².